The van der Waals surface area contributed by atoms with Crippen molar-refractivity contribution < 1.29 is 4.79 Å². The fourth-order valence-electron chi connectivity index (χ4n) is 2.38. The summed E-state index contributed by atoms with van der Waals surface area (Å²) in [5.74, 6) is 0.467. The summed E-state index contributed by atoms with van der Waals surface area (Å²) in [6.45, 7) is 1.90. The van der Waals surface area contributed by atoms with Crippen molar-refractivity contribution in [1.29, 1.82) is 0 Å². The van der Waals surface area contributed by atoms with E-state index >= 15 is 0 Å². The summed E-state index contributed by atoms with van der Waals surface area (Å²) >= 11 is 0. The molecule has 1 amide bonds. The molecule has 4 nitrogen and oxygen atoms in total. The molecule has 1 aliphatic rings. The first-order chi connectivity index (χ1) is 8.72. The van der Waals surface area contributed by atoms with Crippen LogP contribution in [0.3, 0.4) is 0 Å². The molecule has 0 saturated carbocycles. The van der Waals surface area contributed by atoms with Crippen molar-refractivity contribution >= 4 is 11.7 Å². The maximum atomic E-state index is 12.1. The van der Waals surface area contributed by atoms with E-state index in [1.165, 1.54) is 17.5 Å². The second kappa shape index (κ2) is 4.29. The summed E-state index contributed by atoms with van der Waals surface area (Å²) in [6.07, 6.45) is 3.41. The Labute approximate surface area is 105 Å². The molecule has 1 aliphatic carbocycles. The highest BCUT2D eigenvalue weighted by atomic mass is 16.1. The zero-order chi connectivity index (χ0) is 12.5. The first-order valence-corrected chi connectivity index (χ1v) is 6.17. The number of amides is 1. The van der Waals surface area contributed by atoms with Crippen LogP contribution in [-0.2, 0) is 12.8 Å². The molecular formula is C14H15N3O. The lowest BCUT2D eigenvalue weighted by molar-refractivity contribution is 0.102. The van der Waals surface area contributed by atoms with Crippen LogP contribution in [0.4, 0.5) is 5.82 Å². The molecule has 0 bridgehead atoms. The van der Waals surface area contributed by atoms with Crippen molar-refractivity contribution in [1.82, 2.24) is 10.2 Å². The quantitative estimate of drug-likeness (QED) is 0.848. The standard InChI is InChI=1S/C14H15N3O/c1-9-7-13(17-16-9)15-14(18)12-6-5-10-3-2-4-11(10)8-12/h5-8H,2-4H2,1H3,(H2,15,16,17,18). The Morgan fingerprint density at radius 1 is 1.28 bits per heavy atom. The Hall–Kier alpha value is -2.10. The molecule has 3 rings (SSSR count). The minimum Gasteiger partial charge on any atom is -0.305 e. The van der Waals surface area contributed by atoms with E-state index in [2.05, 4.69) is 21.6 Å². The minimum absolute atomic E-state index is 0.101. The molecule has 1 aromatic carbocycles. The summed E-state index contributed by atoms with van der Waals surface area (Å²) in [5, 5.41) is 9.59. The van der Waals surface area contributed by atoms with E-state index in [0.717, 1.165) is 18.5 Å². The van der Waals surface area contributed by atoms with Gasteiger partial charge in [0.1, 0.15) is 0 Å². The predicted octanol–water partition coefficient (Wildman–Crippen LogP) is 2.46. The van der Waals surface area contributed by atoms with Gasteiger partial charge >= 0.3 is 0 Å². The van der Waals surface area contributed by atoms with E-state index in [9.17, 15) is 4.79 Å². The molecule has 0 fully saturated rings. The van der Waals surface area contributed by atoms with Gasteiger partial charge < -0.3 is 5.32 Å². The van der Waals surface area contributed by atoms with Gasteiger partial charge in [-0.25, -0.2) is 0 Å². The number of H-pyrrole nitrogens is 1. The molecule has 0 spiro atoms. The average Bonchev–Trinajstić information content (AvgIpc) is 2.96. The van der Waals surface area contributed by atoms with Gasteiger partial charge in [-0.1, -0.05) is 6.07 Å². The van der Waals surface area contributed by atoms with Gasteiger partial charge in [-0.05, 0) is 49.4 Å². The topological polar surface area (TPSA) is 57.8 Å². The Bertz CT molecular complexity index is 601. The van der Waals surface area contributed by atoms with E-state index in [-0.39, 0.29) is 5.91 Å². The van der Waals surface area contributed by atoms with E-state index in [1.54, 1.807) is 0 Å². The number of hydrogen-bond acceptors (Lipinski definition) is 2. The molecular weight excluding hydrogens is 226 g/mol. The van der Waals surface area contributed by atoms with Crippen LogP contribution in [0.15, 0.2) is 24.3 Å². The zero-order valence-corrected chi connectivity index (χ0v) is 10.3. The van der Waals surface area contributed by atoms with E-state index in [1.807, 2.05) is 25.1 Å². The monoisotopic (exact) mass is 241 g/mol. The number of fused-ring (bicyclic) bond motifs is 1. The van der Waals surface area contributed by atoms with Crippen molar-refractivity contribution in [3.8, 4) is 0 Å². The molecule has 0 aliphatic heterocycles. The molecule has 2 aromatic rings. The number of nitrogens with one attached hydrogen (secondary N) is 2. The van der Waals surface area contributed by atoms with Crippen molar-refractivity contribution in [3.05, 3.63) is 46.6 Å². The number of carbonyl (C=O) groups is 1. The largest absolute Gasteiger partial charge is 0.305 e. The third-order valence-electron chi connectivity index (χ3n) is 3.31. The summed E-state index contributed by atoms with van der Waals surface area (Å²) < 4.78 is 0. The molecule has 1 aromatic heterocycles. The number of hydrogen-bond donors (Lipinski definition) is 2. The van der Waals surface area contributed by atoms with Gasteiger partial charge in [0, 0.05) is 17.3 Å². The molecule has 1 heterocycles. The number of aromatic nitrogens is 2. The third kappa shape index (κ3) is 2.01. The van der Waals surface area contributed by atoms with Crippen LogP contribution in [0.5, 0.6) is 0 Å². The van der Waals surface area contributed by atoms with Crippen LogP contribution in [-0.4, -0.2) is 16.1 Å². The van der Waals surface area contributed by atoms with Gasteiger partial charge in [0.05, 0.1) is 0 Å². The Morgan fingerprint density at radius 3 is 2.89 bits per heavy atom. The number of carbonyl (C=O) groups excluding carboxylic acids is 1. The lowest BCUT2D eigenvalue weighted by Gasteiger charge is -2.04. The Morgan fingerprint density at radius 2 is 2.11 bits per heavy atom. The summed E-state index contributed by atoms with van der Waals surface area (Å²) in [4.78, 5) is 12.1. The fraction of sp³-hybridized carbons (Fsp3) is 0.286. The van der Waals surface area contributed by atoms with Crippen molar-refractivity contribution in [2.75, 3.05) is 5.32 Å². The van der Waals surface area contributed by atoms with E-state index in [0.29, 0.717) is 11.4 Å². The van der Waals surface area contributed by atoms with Gasteiger partial charge in [-0.3, -0.25) is 9.89 Å². The second-order valence-electron chi connectivity index (χ2n) is 4.73. The maximum absolute atomic E-state index is 12.1. The summed E-state index contributed by atoms with van der Waals surface area (Å²) in [5.41, 5.74) is 4.32. The minimum atomic E-state index is -0.101. The molecule has 4 heteroatoms. The van der Waals surface area contributed by atoms with Crippen molar-refractivity contribution in [2.24, 2.45) is 0 Å². The number of rotatable bonds is 2. The van der Waals surface area contributed by atoms with Gasteiger partial charge in [0.25, 0.3) is 5.91 Å². The van der Waals surface area contributed by atoms with Crippen LogP contribution in [0, 0.1) is 6.92 Å². The van der Waals surface area contributed by atoms with Gasteiger partial charge in [-0.15, -0.1) is 0 Å². The smallest absolute Gasteiger partial charge is 0.256 e. The molecule has 0 radical (unpaired) electrons. The van der Waals surface area contributed by atoms with Gasteiger partial charge in [0.2, 0.25) is 0 Å². The van der Waals surface area contributed by atoms with Crippen molar-refractivity contribution in [2.45, 2.75) is 26.2 Å². The van der Waals surface area contributed by atoms with Crippen LogP contribution < -0.4 is 5.32 Å². The normalized spacial score (nSPS) is 13.4. The first-order valence-electron chi connectivity index (χ1n) is 6.17. The number of nitrogens with zero attached hydrogens (tertiary/aromatic N) is 1. The van der Waals surface area contributed by atoms with E-state index in [4.69, 9.17) is 0 Å². The molecule has 0 saturated heterocycles. The second-order valence-corrected chi connectivity index (χ2v) is 4.73. The highest BCUT2D eigenvalue weighted by Gasteiger charge is 2.14. The lowest BCUT2D eigenvalue weighted by Crippen LogP contribution is -2.12. The van der Waals surface area contributed by atoms with Crippen LogP contribution in [0.25, 0.3) is 0 Å². The van der Waals surface area contributed by atoms with Crippen LogP contribution in [0.2, 0.25) is 0 Å². The van der Waals surface area contributed by atoms with Crippen LogP contribution >= 0.6 is 0 Å². The number of aryl methyl sites for hydroxylation is 3. The van der Waals surface area contributed by atoms with Crippen LogP contribution in [0.1, 0.15) is 33.6 Å². The van der Waals surface area contributed by atoms with Crippen molar-refractivity contribution in [3.63, 3.8) is 0 Å². The van der Waals surface area contributed by atoms with E-state index < -0.39 is 0 Å². The Balaban J connectivity index is 1.80. The zero-order valence-electron chi connectivity index (χ0n) is 10.3. The predicted molar refractivity (Wildman–Crippen MR) is 69.7 cm³/mol. The summed E-state index contributed by atoms with van der Waals surface area (Å²) in [6, 6.07) is 7.76. The Kier molecular flexibility index (Phi) is 2.63. The lowest BCUT2D eigenvalue weighted by atomic mass is 10.1. The number of anilines is 1. The highest BCUT2D eigenvalue weighted by molar-refractivity contribution is 6.03. The number of benzene rings is 1. The highest BCUT2D eigenvalue weighted by Crippen LogP contribution is 2.23. The summed E-state index contributed by atoms with van der Waals surface area (Å²) in [7, 11) is 0. The average molecular weight is 241 g/mol. The molecule has 18 heavy (non-hydrogen) atoms. The number of aromatic amines is 1. The fourth-order valence-corrected chi connectivity index (χ4v) is 2.38. The molecule has 92 valence electrons. The molecule has 0 atom stereocenters. The molecule has 2 N–H and O–H groups in total. The molecule has 0 unspecified atom stereocenters. The maximum Gasteiger partial charge on any atom is 0.256 e. The SMILES string of the molecule is Cc1cc(NC(=O)c2ccc3c(c2)CCC3)n[nH]1. The third-order valence-corrected chi connectivity index (χ3v) is 3.31. The van der Waals surface area contributed by atoms with Gasteiger partial charge in [0.15, 0.2) is 5.82 Å². The first kappa shape index (κ1) is 11.0. The van der Waals surface area contributed by atoms with Gasteiger partial charge in [-0.2, -0.15) is 5.10 Å².